The predicted molar refractivity (Wildman–Crippen MR) is 96.2 cm³/mol. The van der Waals surface area contributed by atoms with Gasteiger partial charge in [0.2, 0.25) is 0 Å². The number of ether oxygens (including phenoxy) is 1. The molecule has 0 fully saturated rings. The number of oxime groups is 1. The molecule has 4 heteroatoms. The van der Waals surface area contributed by atoms with Crippen molar-refractivity contribution in [3.8, 4) is 0 Å². The molecule has 0 bridgehead atoms. The molecule has 0 saturated heterocycles. The highest BCUT2D eigenvalue weighted by atomic mass is 16.8. The van der Waals surface area contributed by atoms with E-state index in [0.29, 0.717) is 5.71 Å². The summed E-state index contributed by atoms with van der Waals surface area (Å²) in [6.45, 7) is 0.140. The van der Waals surface area contributed by atoms with Crippen LogP contribution in [0.1, 0.15) is 16.7 Å². The van der Waals surface area contributed by atoms with Crippen LogP contribution in [0.25, 0.3) is 0 Å². The average molecular weight is 331 g/mol. The van der Waals surface area contributed by atoms with Crippen molar-refractivity contribution in [2.24, 2.45) is 5.16 Å². The van der Waals surface area contributed by atoms with Gasteiger partial charge in [-0.3, -0.25) is 4.84 Å². The zero-order chi connectivity index (χ0) is 17.3. The van der Waals surface area contributed by atoms with E-state index in [4.69, 9.17) is 9.57 Å². The van der Waals surface area contributed by atoms with E-state index in [1.165, 1.54) is 0 Å². The molecule has 4 nitrogen and oxygen atoms in total. The fraction of sp³-hybridized carbons (Fsp3) is 0.0476. The smallest absolute Gasteiger partial charge is 0.428 e. The van der Waals surface area contributed by atoms with Crippen LogP contribution in [0.3, 0.4) is 0 Å². The minimum Gasteiger partial charge on any atom is -0.428 e. The highest BCUT2D eigenvalue weighted by Crippen LogP contribution is 2.11. The Kier molecular flexibility index (Phi) is 5.56. The topological polar surface area (TPSA) is 47.9 Å². The number of nitrogens with zero attached hydrogens (tertiary/aromatic N) is 1. The Labute approximate surface area is 146 Å². The second-order valence-corrected chi connectivity index (χ2v) is 5.29. The minimum absolute atomic E-state index is 0.140. The van der Waals surface area contributed by atoms with Gasteiger partial charge in [-0.15, -0.1) is 0 Å². The van der Waals surface area contributed by atoms with Crippen molar-refractivity contribution in [2.75, 3.05) is 0 Å². The molecule has 3 aromatic carbocycles. The number of carbonyl (C=O) groups excluding carboxylic acids is 1. The summed E-state index contributed by atoms with van der Waals surface area (Å²) in [5, 5.41) is 4.02. The molecule has 0 N–H and O–H groups in total. The first kappa shape index (κ1) is 16.5. The molecule has 0 aliphatic rings. The lowest BCUT2D eigenvalue weighted by molar-refractivity contribution is 0.0520. The maximum atomic E-state index is 11.8. The van der Waals surface area contributed by atoms with Gasteiger partial charge in [-0.25, -0.2) is 4.79 Å². The normalized spacial score (nSPS) is 9.92. The molecule has 0 aromatic heterocycles. The van der Waals surface area contributed by atoms with Crippen LogP contribution in [-0.2, 0) is 16.2 Å². The quantitative estimate of drug-likeness (QED) is 0.292. The van der Waals surface area contributed by atoms with Crippen molar-refractivity contribution < 1.29 is 14.4 Å². The molecule has 124 valence electrons. The number of hydrogen-bond donors (Lipinski definition) is 0. The summed E-state index contributed by atoms with van der Waals surface area (Å²) in [6.07, 6.45) is -0.840. The van der Waals surface area contributed by atoms with E-state index in [0.717, 1.165) is 16.7 Å². The Hall–Kier alpha value is -3.40. The third kappa shape index (κ3) is 4.78. The molecule has 0 atom stereocenters. The summed E-state index contributed by atoms with van der Waals surface area (Å²) in [5.41, 5.74) is 3.15. The van der Waals surface area contributed by atoms with Crippen LogP contribution >= 0.6 is 0 Å². The third-order valence-corrected chi connectivity index (χ3v) is 3.51. The molecule has 0 unspecified atom stereocenters. The first-order chi connectivity index (χ1) is 12.3. The van der Waals surface area contributed by atoms with Crippen LogP contribution in [0.4, 0.5) is 4.79 Å². The average Bonchev–Trinajstić information content (AvgIpc) is 2.69. The summed E-state index contributed by atoms with van der Waals surface area (Å²) in [4.78, 5) is 16.8. The Morgan fingerprint density at radius 1 is 0.720 bits per heavy atom. The molecule has 0 radical (unpaired) electrons. The second-order valence-electron chi connectivity index (χ2n) is 5.29. The lowest BCUT2D eigenvalue weighted by atomic mass is 10.0. The monoisotopic (exact) mass is 331 g/mol. The molecular weight excluding hydrogens is 314 g/mol. The number of hydrogen-bond acceptors (Lipinski definition) is 4. The van der Waals surface area contributed by atoms with Crippen molar-refractivity contribution in [1.29, 1.82) is 0 Å². The molecule has 0 amide bonds. The standard InChI is InChI=1S/C21H17NO3/c23-21(24-16-17-10-4-1-5-11-17)25-22-20(18-12-6-2-7-13-18)19-14-8-3-9-15-19/h1-15H,16H2. The zero-order valence-electron chi connectivity index (χ0n) is 13.5. The summed E-state index contributed by atoms with van der Waals surface area (Å²) in [5.74, 6) is 0. The van der Waals surface area contributed by atoms with E-state index in [1.54, 1.807) is 0 Å². The van der Waals surface area contributed by atoms with E-state index < -0.39 is 6.16 Å². The fourth-order valence-electron chi connectivity index (χ4n) is 2.29. The van der Waals surface area contributed by atoms with Crippen molar-refractivity contribution in [3.63, 3.8) is 0 Å². The third-order valence-electron chi connectivity index (χ3n) is 3.51. The molecule has 0 aliphatic heterocycles. The predicted octanol–water partition coefficient (Wildman–Crippen LogP) is 4.79. The molecular formula is C21H17NO3. The van der Waals surface area contributed by atoms with Crippen LogP contribution < -0.4 is 0 Å². The Bertz CT molecular complexity index is 789. The van der Waals surface area contributed by atoms with Gasteiger partial charge in [-0.2, -0.15) is 0 Å². The lowest BCUT2D eigenvalue weighted by Gasteiger charge is -2.07. The molecule has 0 spiro atoms. The maximum absolute atomic E-state index is 11.8. The summed E-state index contributed by atoms with van der Waals surface area (Å²) >= 11 is 0. The van der Waals surface area contributed by atoms with Gasteiger partial charge in [0.05, 0.1) is 0 Å². The van der Waals surface area contributed by atoms with Gasteiger partial charge in [0, 0.05) is 11.1 Å². The summed E-state index contributed by atoms with van der Waals surface area (Å²) in [6, 6.07) is 28.5. The molecule has 0 heterocycles. The van der Waals surface area contributed by atoms with Gasteiger partial charge in [0.15, 0.2) is 0 Å². The van der Waals surface area contributed by atoms with E-state index in [1.807, 2.05) is 91.0 Å². The Balaban J connectivity index is 1.72. The fourth-order valence-corrected chi connectivity index (χ4v) is 2.29. The van der Waals surface area contributed by atoms with Crippen molar-refractivity contribution >= 4 is 11.9 Å². The highest BCUT2D eigenvalue weighted by Gasteiger charge is 2.10. The first-order valence-corrected chi connectivity index (χ1v) is 7.89. The van der Waals surface area contributed by atoms with Crippen molar-refractivity contribution in [1.82, 2.24) is 0 Å². The largest absolute Gasteiger partial charge is 0.535 e. The summed E-state index contributed by atoms with van der Waals surface area (Å²) in [7, 11) is 0. The molecule has 0 aliphatic carbocycles. The van der Waals surface area contributed by atoms with E-state index in [9.17, 15) is 4.79 Å². The highest BCUT2D eigenvalue weighted by molar-refractivity contribution is 6.12. The molecule has 3 rings (SSSR count). The Morgan fingerprint density at radius 2 is 1.20 bits per heavy atom. The molecule has 25 heavy (non-hydrogen) atoms. The van der Waals surface area contributed by atoms with Crippen LogP contribution in [-0.4, -0.2) is 11.9 Å². The van der Waals surface area contributed by atoms with Crippen molar-refractivity contribution in [3.05, 3.63) is 108 Å². The van der Waals surface area contributed by atoms with E-state index in [2.05, 4.69) is 5.16 Å². The van der Waals surface area contributed by atoms with Gasteiger partial charge in [0.1, 0.15) is 12.3 Å². The van der Waals surface area contributed by atoms with Gasteiger partial charge < -0.3 is 4.74 Å². The minimum atomic E-state index is -0.840. The SMILES string of the molecule is O=C(OCc1ccccc1)ON=C(c1ccccc1)c1ccccc1. The van der Waals surface area contributed by atoms with Gasteiger partial charge in [-0.05, 0) is 5.56 Å². The van der Waals surface area contributed by atoms with Gasteiger partial charge in [-0.1, -0.05) is 96.2 Å². The van der Waals surface area contributed by atoms with E-state index in [-0.39, 0.29) is 6.61 Å². The van der Waals surface area contributed by atoms with Crippen LogP contribution in [0.5, 0.6) is 0 Å². The van der Waals surface area contributed by atoms with Crippen LogP contribution in [0, 0.1) is 0 Å². The van der Waals surface area contributed by atoms with Gasteiger partial charge in [0.25, 0.3) is 0 Å². The number of carbonyl (C=O) groups is 1. The first-order valence-electron chi connectivity index (χ1n) is 7.89. The van der Waals surface area contributed by atoms with E-state index >= 15 is 0 Å². The zero-order valence-corrected chi connectivity index (χ0v) is 13.5. The number of rotatable bonds is 5. The van der Waals surface area contributed by atoms with Crippen molar-refractivity contribution in [2.45, 2.75) is 6.61 Å². The molecule has 3 aromatic rings. The van der Waals surface area contributed by atoms with Gasteiger partial charge >= 0.3 is 6.16 Å². The number of benzene rings is 3. The Morgan fingerprint density at radius 3 is 1.72 bits per heavy atom. The summed E-state index contributed by atoms with van der Waals surface area (Å²) < 4.78 is 5.08. The van der Waals surface area contributed by atoms with Crippen LogP contribution in [0.15, 0.2) is 96.2 Å². The van der Waals surface area contributed by atoms with Crippen LogP contribution in [0.2, 0.25) is 0 Å². The second kappa shape index (κ2) is 8.45. The lowest BCUT2D eigenvalue weighted by Crippen LogP contribution is -2.09. The molecule has 0 saturated carbocycles. The maximum Gasteiger partial charge on any atom is 0.535 e.